The summed E-state index contributed by atoms with van der Waals surface area (Å²) >= 11 is 0. The molecule has 0 amide bonds. The molecule has 1 aromatic rings. The van der Waals surface area contributed by atoms with Gasteiger partial charge in [0, 0.05) is 18.4 Å². The number of carboxylic acid groups (broad SMARTS) is 1. The molecule has 0 atom stereocenters. The number of aromatic nitrogens is 2. The molecule has 1 N–H and O–H groups in total. The Labute approximate surface area is 102 Å². The summed E-state index contributed by atoms with van der Waals surface area (Å²) in [6.45, 7) is 0.960. The number of hydrogen-bond acceptors (Lipinski definition) is 2. The zero-order chi connectivity index (χ0) is 12.1. The quantitative estimate of drug-likeness (QED) is 0.854. The Morgan fingerprint density at radius 3 is 2.88 bits per heavy atom. The first-order valence-electron chi connectivity index (χ1n) is 6.48. The third-order valence-electron chi connectivity index (χ3n) is 3.56. The maximum Gasteiger partial charge on any atom is 0.303 e. The van der Waals surface area contributed by atoms with Gasteiger partial charge in [-0.25, -0.2) is 0 Å². The van der Waals surface area contributed by atoms with E-state index in [1.807, 2.05) is 10.7 Å². The van der Waals surface area contributed by atoms with Gasteiger partial charge >= 0.3 is 5.97 Å². The molecular formula is C13H20N2O2. The van der Waals surface area contributed by atoms with Crippen LogP contribution in [-0.2, 0) is 17.8 Å². The lowest BCUT2D eigenvalue weighted by Gasteiger charge is -2.22. The second-order valence-corrected chi connectivity index (χ2v) is 4.90. The molecule has 1 saturated carbocycles. The summed E-state index contributed by atoms with van der Waals surface area (Å²) in [7, 11) is 0. The van der Waals surface area contributed by atoms with Gasteiger partial charge < -0.3 is 5.11 Å². The Balaban J connectivity index is 1.91. The molecule has 17 heavy (non-hydrogen) atoms. The number of aryl methyl sites for hydroxylation is 1. The SMILES string of the molecule is O=C(O)CCc1ccnn1CC1CCCCC1. The Bertz CT molecular complexity index is 367. The van der Waals surface area contributed by atoms with Crippen LogP contribution in [0.15, 0.2) is 12.3 Å². The van der Waals surface area contributed by atoms with E-state index in [9.17, 15) is 4.79 Å². The van der Waals surface area contributed by atoms with Crippen LogP contribution in [0.1, 0.15) is 44.2 Å². The van der Waals surface area contributed by atoms with Crippen molar-refractivity contribution in [2.45, 2.75) is 51.5 Å². The van der Waals surface area contributed by atoms with Gasteiger partial charge in [-0.3, -0.25) is 9.48 Å². The second-order valence-electron chi connectivity index (χ2n) is 4.90. The molecule has 1 heterocycles. The van der Waals surface area contributed by atoms with E-state index in [4.69, 9.17) is 5.11 Å². The minimum absolute atomic E-state index is 0.191. The van der Waals surface area contributed by atoms with Crippen molar-refractivity contribution >= 4 is 5.97 Å². The second kappa shape index (κ2) is 5.84. The fourth-order valence-corrected chi connectivity index (χ4v) is 2.59. The monoisotopic (exact) mass is 236 g/mol. The molecule has 0 unspecified atom stereocenters. The third kappa shape index (κ3) is 3.58. The van der Waals surface area contributed by atoms with Crippen LogP contribution in [0.3, 0.4) is 0 Å². The maximum absolute atomic E-state index is 10.6. The van der Waals surface area contributed by atoms with E-state index in [0.717, 1.165) is 18.2 Å². The van der Waals surface area contributed by atoms with Gasteiger partial charge in [-0.05, 0) is 31.2 Å². The Kier molecular flexibility index (Phi) is 4.18. The Morgan fingerprint density at radius 2 is 2.18 bits per heavy atom. The molecule has 2 rings (SSSR count). The lowest BCUT2D eigenvalue weighted by Crippen LogP contribution is -2.17. The topological polar surface area (TPSA) is 55.1 Å². The molecule has 1 fully saturated rings. The number of hydrogen-bond donors (Lipinski definition) is 1. The highest BCUT2D eigenvalue weighted by Gasteiger charge is 2.15. The Hall–Kier alpha value is -1.32. The van der Waals surface area contributed by atoms with Gasteiger partial charge in [-0.15, -0.1) is 0 Å². The predicted molar refractivity (Wildman–Crippen MR) is 64.8 cm³/mol. The van der Waals surface area contributed by atoms with Gasteiger partial charge in [0.2, 0.25) is 0 Å². The van der Waals surface area contributed by atoms with Crippen molar-refractivity contribution < 1.29 is 9.90 Å². The first-order chi connectivity index (χ1) is 8.25. The molecule has 0 aromatic carbocycles. The molecular weight excluding hydrogens is 216 g/mol. The summed E-state index contributed by atoms with van der Waals surface area (Å²) in [6.07, 6.45) is 9.16. The normalized spacial score (nSPS) is 17.2. The average molecular weight is 236 g/mol. The molecule has 0 bridgehead atoms. The fourth-order valence-electron chi connectivity index (χ4n) is 2.59. The van der Waals surface area contributed by atoms with Crippen molar-refractivity contribution in [1.82, 2.24) is 9.78 Å². The van der Waals surface area contributed by atoms with Crippen LogP contribution < -0.4 is 0 Å². The largest absolute Gasteiger partial charge is 0.481 e. The molecule has 1 aromatic heterocycles. The van der Waals surface area contributed by atoms with E-state index in [2.05, 4.69) is 5.10 Å². The summed E-state index contributed by atoms with van der Waals surface area (Å²) in [5.74, 6) is -0.0114. The lowest BCUT2D eigenvalue weighted by atomic mass is 9.89. The molecule has 0 saturated heterocycles. The smallest absolute Gasteiger partial charge is 0.303 e. The first-order valence-corrected chi connectivity index (χ1v) is 6.48. The summed E-state index contributed by atoms with van der Waals surface area (Å²) in [5.41, 5.74) is 1.05. The standard InChI is InChI=1S/C13H20N2O2/c16-13(17)7-6-12-8-9-14-15(12)10-11-4-2-1-3-5-11/h8-9,11H,1-7,10H2,(H,16,17). The van der Waals surface area contributed by atoms with Crippen LogP contribution in [0.25, 0.3) is 0 Å². The molecule has 4 heteroatoms. The molecule has 94 valence electrons. The van der Waals surface area contributed by atoms with Crippen molar-refractivity contribution in [3.8, 4) is 0 Å². The molecule has 4 nitrogen and oxygen atoms in total. The van der Waals surface area contributed by atoms with Gasteiger partial charge in [0.25, 0.3) is 0 Å². The molecule has 1 aliphatic rings. The van der Waals surface area contributed by atoms with Gasteiger partial charge in [0.05, 0.1) is 6.42 Å². The van der Waals surface area contributed by atoms with Crippen LogP contribution in [0.4, 0.5) is 0 Å². The number of nitrogens with zero attached hydrogens (tertiary/aromatic N) is 2. The average Bonchev–Trinajstić information content (AvgIpc) is 2.75. The number of aliphatic carboxylic acids is 1. The summed E-state index contributed by atoms with van der Waals surface area (Å²) in [4.78, 5) is 10.6. The number of carboxylic acids is 1. The molecule has 0 spiro atoms. The van der Waals surface area contributed by atoms with Gasteiger partial charge in [-0.1, -0.05) is 19.3 Å². The molecule has 0 aliphatic heterocycles. The van der Waals surface area contributed by atoms with Crippen LogP contribution in [0.5, 0.6) is 0 Å². The summed E-state index contributed by atoms with van der Waals surface area (Å²) < 4.78 is 2.00. The highest BCUT2D eigenvalue weighted by atomic mass is 16.4. The van der Waals surface area contributed by atoms with Gasteiger partial charge in [0.15, 0.2) is 0 Å². The first kappa shape index (κ1) is 12.1. The summed E-state index contributed by atoms with van der Waals surface area (Å²) in [6, 6.07) is 1.94. The van der Waals surface area contributed by atoms with E-state index < -0.39 is 5.97 Å². The van der Waals surface area contributed by atoms with Crippen molar-refractivity contribution in [1.29, 1.82) is 0 Å². The van der Waals surface area contributed by atoms with Gasteiger partial charge in [0.1, 0.15) is 0 Å². The zero-order valence-corrected chi connectivity index (χ0v) is 10.1. The number of carbonyl (C=O) groups is 1. The van der Waals surface area contributed by atoms with E-state index in [-0.39, 0.29) is 6.42 Å². The minimum atomic E-state index is -0.740. The predicted octanol–water partition coefficient (Wildman–Crippen LogP) is 2.48. The van der Waals surface area contributed by atoms with Crippen LogP contribution in [-0.4, -0.2) is 20.9 Å². The van der Waals surface area contributed by atoms with E-state index >= 15 is 0 Å². The van der Waals surface area contributed by atoms with Crippen LogP contribution >= 0.6 is 0 Å². The third-order valence-corrected chi connectivity index (χ3v) is 3.56. The van der Waals surface area contributed by atoms with Crippen LogP contribution in [0, 0.1) is 5.92 Å². The molecule has 0 radical (unpaired) electrons. The highest BCUT2D eigenvalue weighted by Crippen LogP contribution is 2.25. The van der Waals surface area contributed by atoms with Crippen molar-refractivity contribution in [2.24, 2.45) is 5.92 Å². The lowest BCUT2D eigenvalue weighted by molar-refractivity contribution is -0.136. The van der Waals surface area contributed by atoms with Crippen molar-refractivity contribution in [2.75, 3.05) is 0 Å². The maximum atomic E-state index is 10.6. The van der Waals surface area contributed by atoms with Crippen LogP contribution in [0.2, 0.25) is 0 Å². The molecule has 1 aliphatic carbocycles. The van der Waals surface area contributed by atoms with Crippen molar-refractivity contribution in [3.05, 3.63) is 18.0 Å². The highest BCUT2D eigenvalue weighted by molar-refractivity contribution is 5.66. The van der Waals surface area contributed by atoms with E-state index in [0.29, 0.717) is 6.42 Å². The van der Waals surface area contributed by atoms with E-state index in [1.165, 1.54) is 32.1 Å². The minimum Gasteiger partial charge on any atom is -0.481 e. The fraction of sp³-hybridized carbons (Fsp3) is 0.692. The number of rotatable bonds is 5. The Morgan fingerprint density at radius 1 is 1.41 bits per heavy atom. The zero-order valence-electron chi connectivity index (χ0n) is 10.1. The van der Waals surface area contributed by atoms with Crippen molar-refractivity contribution in [3.63, 3.8) is 0 Å². The summed E-state index contributed by atoms with van der Waals surface area (Å²) in [5, 5.41) is 13.0. The van der Waals surface area contributed by atoms with E-state index in [1.54, 1.807) is 6.20 Å². The van der Waals surface area contributed by atoms with Gasteiger partial charge in [-0.2, -0.15) is 5.10 Å².